The van der Waals surface area contributed by atoms with E-state index in [2.05, 4.69) is 5.32 Å². The Hall–Kier alpha value is -1.91. The number of hydrogen-bond acceptors (Lipinski definition) is 3. The summed E-state index contributed by atoms with van der Waals surface area (Å²) in [6, 6.07) is 5.89. The minimum Gasteiger partial charge on any atom is -0.352 e. The van der Waals surface area contributed by atoms with Crippen molar-refractivity contribution >= 4 is 11.6 Å². The van der Waals surface area contributed by atoms with Gasteiger partial charge < -0.3 is 5.32 Å². The van der Waals surface area contributed by atoms with Gasteiger partial charge in [-0.2, -0.15) is 0 Å². The molecule has 0 saturated heterocycles. The van der Waals surface area contributed by atoms with E-state index in [1.165, 1.54) is 37.8 Å². The molecule has 2 fully saturated rings. The lowest BCUT2D eigenvalue weighted by atomic mass is 9.89. The van der Waals surface area contributed by atoms with Crippen LogP contribution in [0.3, 0.4) is 0 Å². The molecule has 1 N–H and O–H groups in total. The Labute approximate surface area is 117 Å². The molecule has 2 bridgehead atoms. The third-order valence-corrected chi connectivity index (χ3v) is 4.73. The molecule has 1 amide bonds. The molecule has 5 nitrogen and oxygen atoms in total. The number of nitro benzene ring substituents is 1. The van der Waals surface area contributed by atoms with E-state index in [-0.39, 0.29) is 11.6 Å². The van der Waals surface area contributed by atoms with Crippen molar-refractivity contribution in [1.29, 1.82) is 0 Å². The highest BCUT2D eigenvalue weighted by atomic mass is 16.6. The third kappa shape index (κ3) is 2.53. The molecule has 2 aliphatic carbocycles. The Morgan fingerprint density at radius 1 is 1.35 bits per heavy atom. The minimum atomic E-state index is -0.479. The fourth-order valence-electron chi connectivity index (χ4n) is 3.71. The number of nitrogens with one attached hydrogen (secondary N) is 1. The van der Waals surface area contributed by atoms with Gasteiger partial charge in [-0.1, -0.05) is 12.5 Å². The number of carbonyl (C=O) groups is 1. The van der Waals surface area contributed by atoms with Crippen molar-refractivity contribution in [3.63, 3.8) is 0 Å². The van der Waals surface area contributed by atoms with Crippen LogP contribution < -0.4 is 5.32 Å². The second kappa shape index (κ2) is 5.23. The molecule has 5 heteroatoms. The summed E-state index contributed by atoms with van der Waals surface area (Å²) in [6.07, 6.45) is 5.18. The number of nitrogens with zero attached hydrogens (tertiary/aromatic N) is 1. The molecule has 106 valence electrons. The lowest BCUT2D eigenvalue weighted by Crippen LogP contribution is -2.31. The molecule has 0 unspecified atom stereocenters. The van der Waals surface area contributed by atoms with Gasteiger partial charge in [0, 0.05) is 24.2 Å². The second-order valence-corrected chi connectivity index (χ2v) is 5.95. The monoisotopic (exact) mass is 274 g/mol. The van der Waals surface area contributed by atoms with Crippen LogP contribution in [0.5, 0.6) is 0 Å². The van der Waals surface area contributed by atoms with Crippen LogP contribution in [0.25, 0.3) is 0 Å². The van der Waals surface area contributed by atoms with Gasteiger partial charge in [0.1, 0.15) is 0 Å². The van der Waals surface area contributed by atoms with E-state index >= 15 is 0 Å². The zero-order valence-corrected chi connectivity index (χ0v) is 11.2. The fraction of sp³-hybridized carbons (Fsp3) is 0.533. The normalized spacial score (nSPS) is 27.5. The molecule has 1 aromatic rings. The summed E-state index contributed by atoms with van der Waals surface area (Å²) >= 11 is 0. The van der Waals surface area contributed by atoms with Gasteiger partial charge in [-0.3, -0.25) is 14.9 Å². The highest BCUT2D eigenvalue weighted by Gasteiger charge is 2.39. The van der Waals surface area contributed by atoms with E-state index < -0.39 is 4.92 Å². The predicted octanol–water partition coefficient (Wildman–Crippen LogP) is 2.76. The SMILES string of the molecule is O=C(NC[C@H]1C[C@H]2CC[C@@H]1C2)c1cccc([N+](=O)[O-])c1. The number of fused-ring (bicyclic) bond motifs is 2. The number of carbonyl (C=O) groups excluding carboxylic acids is 1. The van der Waals surface area contributed by atoms with Gasteiger partial charge in [0.05, 0.1) is 4.92 Å². The quantitative estimate of drug-likeness (QED) is 0.677. The first-order valence-corrected chi connectivity index (χ1v) is 7.16. The topological polar surface area (TPSA) is 72.2 Å². The van der Waals surface area contributed by atoms with Gasteiger partial charge in [0.25, 0.3) is 11.6 Å². The van der Waals surface area contributed by atoms with Gasteiger partial charge in [-0.25, -0.2) is 0 Å². The highest BCUT2D eigenvalue weighted by Crippen LogP contribution is 2.47. The van der Waals surface area contributed by atoms with E-state index in [4.69, 9.17) is 0 Å². The minimum absolute atomic E-state index is 0.0439. The van der Waals surface area contributed by atoms with Gasteiger partial charge in [0.2, 0.25) is 0 Å². The Morgan fingerprint density at radius 3 is 2.85 bits per heavy atom. The van der Waals surface area contributed by atoms with Gasteiger partial charge in [0.15, 0.2) is 0 Å². The first-order chi connectivity index (χ1) is 9.63. The van der Waals surface area contributed by atoms with Crippen molar-refractivity contribution < 1.29 is 9.72 Å². The van der Waals surface area contributed by atoms with E-state index in [1.807, 2.05) is 0 Å². The summed E-state index contributed by atoms with van der Waals surface area (Å²) in [7, 11) is 0. The van der Waals surface area contributed by atoms with E-state index in [0.29, 0.717) is 18.0 Å². The van der Waals surface area contributed by atoms with Crippen LogP contribution >= 0.6 is 0 Å². The molecule has 0 aliphatic heterocycles. The van der Waals surface area contributed by atoms with Crippen molar-refractivity contribution in [3.05, 3.63) is 39.9 Å². The van der Waals surface area contributed by atoms with Crippen LogP contribution in [0.2, 0.25) is 0 Å². The number of benzene rings is 1. The molecule has 2 saturated carbocycles. The standard InChI is InChI=1S/C15H18N2O3/c18-15(12-2-1-3-14(8-12)17(19)20)16-9-13-7-10-4-5-11(13)6-10/h1-3,8,10-11,13H,4-7,9H2,(H,16,18)/t10-,11+,13+/m0/s1. The number of hydrogen-bond donors (Lipinski definition) is 1. The summed E-state index contributed by atoms with van der Waals surface area (Å²) < 4.78 is 0. The second-order valence-electron chi connectivity index (χ2n) is 5.95. The summed E-state index contributed by atoms with van der Waals surface area (Å²) in [5, 5.41) is 13.6. The van der Waals surface area contributed by atoms with E-state index in [9.17, 15) is 14.9 Å². The van der Waals surface area contributed by atoms with Crippen LogP contribution in [0, 0.1) is 27.9 Å². The first kappa shape index (κ1) is 13.1. The Kier molecular flexibility index (Phi) is 3.42. The molecular formula is C15H18N2O3. The third-order valence-electron chi connectivity index (χ3n) is 4.73. The largest absolute Gasteiger partial charge is 0.352 e. The van der Waals surface area contributed by atoms with E-state index in [0.717, 1.165) is 11.8 Å². The number of amides is 1. The molecule has 0 aromatic heterocycles. The number of nitro groups is 1. The fourth-order valence-corrected chi connectivity index (χ4v) is 3.71. The molecule has 20 heavy (non-hydrogen) atoms. The van der Waals surface area contributed by atoms with Gasteiger partial charge in [-0.15, -0.1) is 0 Å². The number of rotatable bonds is 4. The van der Waals surface area contributed by atoms with Crippen LogP contribution in [0.4, 0.5) is 5.69 Å². The van der Waals surface area contributed by atoms with Crippen LogP contribution in [0.1, 0.15) is 36.0 Å². The molecule has 0 spiro atoms. The van der Waals surface area contributed by atoms with Gasteiger partial charge >= 0.3 is 0 Å². The maximum atomic E-state index is 12.0. The van der Waals surface area contributed by atoms with Crippen LogP contribution in [-0.2, 0) is 0 Å². The average molecular weight is 274 g/mol. The zero-order valence-electron chi connectivity index (χ0n) is 11.2. The number of non-ortho nitro benzene ring substituents is 1. The zero-order chi connectivity index (χ0) is 14.1. The van der Waals surface area contributed by atoms with Crippen molar-refractivity contribution in [2.45, 2.75) is 25.7 Å². The molecule has 0 radical (unpaired) electrons. The molecule has 0 heterocycles. The van der Waals surface area contributed by atoms with Gasteiger partial charge in [-0.05, 0) is 43.1 Å². The van der Waals surface area contributed by atoms with Crippen molar-refractivity contribution in [2.24, 2.45) is 17.8 Å². The smallest absolute Gasteiger partial charge is 0.270 e. The van der Waals surface area contributed by atoms with Crippen molar-refractivity contribution in [2.75, 3.05) is 6.54 Å². The maximum absolute atomic E-state index is 12.0. The maximum Gasteiger partial charge on any atom is 0.270 e. The van der Waals surface area contributed by atoms with E-state index in [1.54, 1.807) is 12.1 Å². The summed E-state index contributed by atoms with van der Waals surface area (Å²) in [4.78, 5) is 22.3. The average Bonchev–Trinajstić information content (AvgIpc) is 3.07. The summed E-state index contributed by atoms with van der Waals surface area (Å²) in [5.74, 6) is 2.01. The van der Waals surface area contributed by atoms with Crippen molar-refractivity contribution in [3.8, 4) is 0 Å². The lowest BCUT2D eigenvalue weighted by Gasteiger charge is -2.21. The van der Waals surface area contributed by atoms with Crippen LogP contribution in [-0.4, -0.2) is 17.4 Å². The molecular weight excluding hydrogens is 256 g/mol. The van der Waals surface area contributed by atoms with Crippen LogP contribution in [0.15, 0.2) is 24.3 Å². The molecule has 3 rings (SSSR count). The Balaban J connectivity index is 1.59. The molecule has 2 aliphatic rings. The molecule has 3 atom stereocenters. The highest BCUT2D eigenvalue weighted by molar-refractivity contribution is 5.94. The predicted molar refractivity (Wildman–Crippen MR) is 74.4 cm³/mol. The summed E-state index contributed by atoms with van der Waals surface area (Å²) in [5.41, 5.74) is 0.319. The summed E-state index contributed by atoms with van der Waals surface area (Å²) in [6.45, 7) is 0.697. The Bertz CT molecular complexity index is 544. The lowest BCUT2D eigenvalue weighted by molar-refractivity contribution is -0.384. The first-order valence-electron chi connectivity index (χ1n) is 7.16. The molecule has 1 aromatic carbocycles. The Morgan fingerprint density at radius 2 is 2.20 bits per heavy atom. The van der Waals surface area contributed by atoms with Crippen molar-refractivity contribution in [1.82, 2.24) is 5.32 Å².